The van der Waals surface area contributed by atoms with Crippen LogP contribution in [-0.2, 0) is 4.79 Å². The minimum absolute atomic E-state index is 0.220. The van der Waals surface area contributed by atoms with E-state index >= 15 is 0 Å². The lowest BCUT2D eigenvalue weighted by Gasteiger charge is -2.25. The Bertz CT molecular complexity index is 189. The van der Waals surface area contributed by atoms with Gasteiger partial charge < -0.3 is 0 Å². The average molecular weight is 151 g/mol. The van der Waals surface area contributed by atoms with Gasteiger partial charge in [-0.2, -0.15) is 0 Å². The summed E-state index contributed by atoms with van der Waals surface area (Å²) in [5.74, 6) is 0.486. The predicted molar refractivity (Wildman–Crippen MR) is 46.0 cm³/mol. The molecule has 1 unspecified atom stereocenters. The third-order valence-electron chi connectivity index (χ3n) is 3.08. The highest BCUT2D eigenvalue weighted by atomic mass is 16.1. The van der Waals surface area contributed by atoms with E-state index in [9.17, 15) is 4.79 Å². The second-order valence-electron chi connectivity index (χ2n) is 3.89. The van der Waals surface area contributed by atoms with Crippen LogP contribution in [0.5, 0.6) is 0 Å². The summed E-state index contributed by atoms with van der Waals surface area (Å²) in [7, 11) is 0. The zero-order chi connectivity index (χ0) is 8.48. The fraction of sp³-hybridized carbons (Fsp3) is 0.700. The lowest BCUT2D eigenvalue weighted by Crippen LogP contribution is -2.20. The second kappa shape index (κ2) is 2.75. The van der Waals surface area contributed by atoms with E-state index in [0.29, 0.717) is 12.3 Å². The number of hydrogen-bond donors (Lipinski definition) is 0. The first-order valence-electron chi connectivity index (χ1n) is 4.11. The Morgan fingerprint density at radius 1 is 1.73 bits per heavy atom. The van der Waals surface area contributed by atoms with E-state index in [4.69, 9.17) is 0 Å². The normalized spacial score (nSPS) is 27.9. The van der Waals surface area contributed by atoms with E-state index in [1.54, 1.807) is 0 Å². The molecule has 60 valence electrons. The monoisotopic (exact) mass is 151 g/mol. The molecule has 0 spiro atoms. The first kappa shape index (κ1) is 8.42. The summed E-state index contributed by atoms with van der Waals surface area (Å²) in [5, 5.41) is 0. The molecule has 1 aliphatic carbocycles. The van der Waals surface area contributed by atoms with Crippen LogP contribution in [0.3, 0.4) is 0 Å². The summed E-state index contributed by atoms with van der Waals surface area (Å²) >= 11 is 0. The first-order valence-corrected chi connectivity index (χ1v) is 4.11. The highest BCUT2D eigenvalue weighted by molar-refractivity contribution is 5.51. The molecule has 0 aromatic heterocycles. The van der Waals surface area contributed by atoms with Crippen molar-refractivity contribution in [1.29, 1.82) is 0 Å². The summed E-state index contributed by atoms with van der Waals surface area (Å²) < 4.78 is 0. The van der Waals surface area contributed by atoms with Gasteiger partial charge in [-0.25, -0.2) is 0 Å². The number of carbonyl (C=O) groups excluding carboxylic acids is 1. The molecular formula is C10H15O+. The van der Waals surface area contributed by atoms with Crippen LogP contribution in [0.25, 0.3) is 0 Å². The van der Waals surface area contributed by atoms with Crippen LogP contribution in [0.2, 0.25) is 0 Å². The quantitative estimate of drug-likeness (QED) is 0.437. The molecule has 0 saturated carbocycles. The van der Waals surface area contributed by atoms with Crippen molar-refractivity contribution in [1.82, 2.24) is 0 Å². The smallest absolute Gasteiger partial charge is 0.0846 e. The molecule has 0 aromatic rings. The Labute approximate surface area is 68.5 Å². The molecule has 1 nitrogen and oxygen atoms in total. The molecule has 0 heterocycles. The maximum Gasteiger partial charge on any atom is 0.506 e. The van der Waals surface area contributed by atoms with Crippen LogP contribution < -0.4 is 0 Å². The van der Waals surface area contributed by atoms with Gasteiger partial charge in [0, 0.05) is 10.7 Å². The molecule has 1 rings (SSSR count). The molecule has 1 aliphatic rings. The van der Waals surface area contributed by atoms with E-state index in [-0.39, 0.29) is 5.41 Å². The minimum atomic E-state index is 0.220. The molecule has 0 radical (unpaired) electrons. The summed E-state index contributed by atoms with van der Waals surface area (Å²) in [4.78, 5) is 10.2. The minimum Gasteiger partial charge on any atom is -0.0846 e. The third-order valence-corrected chi connectivity index (χ3v) is 3.08. The fourth-order valence-electron chi connectivity index (χ4n) is 1.64. The van der Waals surface area contributed by atoms with Crippen LogP contribution in [0.15, 0.2) is 11.6 Å². The molecule has 0 aliphatic heterocycles. The molecule has 1 heteroatoms. The van der Waals surface area contributed by atoms with Gasteiger partial charge in [-0.1, -0.05) is 25.5 Å². The number of rotatable bonds is 2. The molecular weight excluding hydrogens is 136 g/mol. The molecule has 1 atom stereocenters. The van der Waals surface area contributed by atoms with Crippen LogP contribution in [0, 0.1) is 11.3 Å². The van der Waals surface area contributed by atoms with Crippen LogP contribution >= 0.6 is 0 Å². The van der Waals surface area contributed by atoms with Crippen LogP contribution in [-0.4, -0.2) is 6.29 Å². The van der Waals surface area contributed by atoms with Crippen molar-refractivity contribution in [3.63, 3.8) is 0 Å². The van der Waals surface area contributed by atoms with Crippen molar-refractivity contribution in [3.8, 4) is 0 Å². The Hall–Kier alpha value is -0.680. The van der Waals surface area contributed by atoms with Gasteiger partial charge in [-0.05, 0) is 18.8 Å². The average Bonchev–Trinajstić information content (AvgIpc) is 2.16. The van der Waals surface area contributed by atoms with Gasteiger partial charge in [-0.3, -0.25) is 0 Å². The summed E-state index contributed by atoms with van der Waals surface area (Å²) in [6.45, 7) is 6.55. The Kier molecular flexibility index (Phi) is 2.10. The fourth-order valence-corrected chi connectivity index (χ4v) is 1.64. The van der Waals surface area contributed by atoms with Gasteiger partial charge >= 0.3 is 6.29 Å². The molecule has 0 bridgehead atoms. The van der Waals surface area contributed by atoms with Crippen molar-refractivity contribution >= 4 is 6.29 Å². The van der Waals surface area contributed by atoms with E-state index in [0.717, 1.165) is 6.42 Å². The zero-order valence-electron chi connectivity index (χ0n) is 7.48. The molecule has 0 fully saturated rings. The summed E-state index contributed by atoms with van der Waals surface area (Å²) in [6, 6.07) is 0. The van der Waals surface area contributed by atoms with Crippen molar-refractivity contribution in [3.05, 3.63) is 11.6 Å². The lowest BCUT2D eigenvalue weighted by molar-refractivity contribution is 0.297. The maximum absolute atomic E-state index is 10.2. The van der Waals surface area contributed by atoms with Gasteiger partial charge in [0.05, 0.1) is 0 Å². The van der Waals surface area contributed by atoms with E-state index in [1.807, 2.05) is 6.29 Å². The van der Waals surface area contributed by atoms with Crippen molar-refractivity contribution in [2.45, 2.75) is 33.6 Å². The van der Waals surface area contributed by atoms with E-state index in [2.05, 4.69) is 26.8 Å². The third kappa shape index (κ3) is 1.34. The van der Waals surface area contributed by atoms with Gasteiger partial charge in [-0.15, -0.1) is 0 Å². The van der Waals surface area contributed by atoms with Crippen LogP contribution in [0.4, 0.5) is 0 Å². The molecule has 0 N–H and O–H groups in total. The Morgan fingerprint density at radius 3 is 2.73 bits per heavy atom. The predicted octanol–water partition coefficient (Wildman–Crippen LogP) is 2.48. The standard InChI is InChI=1S/C10H15O/c1-8-4-5-9(6-7-11)10(8,2)3/h4,9H,5-6H2,1-3H3/q+1. The second-order valence-corrected chi connectivity index (χ2v) is 3.89. The lowest BCUT2D eigenvalue weighted by atomic mass is 9.76. The van der Waals surface area contributed by atoms with Crippen LogP contribution in [0.1, 0.15) is 33.6 Å². The van der Waals surface area contributed by atoms with Crippen molar-refractivity contribution in [2.75, 3.05) is 0 Å². The molecule has 0 amide bonds. The summed E-state index contributed by atoms with van der Waals surface area (Å²) in [5.41, 5.74) is 1.63. The van der Waals surface area contributed by atoms with E-state index in [1.165, 1.54) is 5.57 Å². The topological polar surface area (TPSA) is 17.1 Å². The summed E-state index contributed by atoms with van der Waals surface area (Å²) in [6.07, 6.45) is 5.87. The molecule has 11 heavy (non-hydrogen) atoms. The van der Waals surface area contributed by atoms with Gasteiger partial charge in [0.1, 0.15) is 0 Å². The highest BCUT2D eigenvalue weighted by Crippen LogP contribution is 2.43. The number of hydrogen-bond acceptors (Lipinski definition) is 1. The Balaban J connectivity index is 2.69. The maximum atomic E-state index is 10.2. The van der Waals surface area contributed by atoms with Gasteiger partial charge in [0.2, 0.25) is 6.42 Å². The van der Waals surface area contributed by atoms with Gasteiger partial charge in [0.25, 0.3) is 0 Å². The van der Waals surface area contributed by atoms with Gasteiger partial charge in [0.15, 0.2) is 0 Å². The number of allylic oxidation sites excluding steroid dienone is 2. The van der Waals surface area contributed by atoms with E-state index < -0.39 is 0 Å². The Morgan fingerprint density at radius 2 is 2.36 bits per heavy atom. The molecule has 0 aromatic carbocycles. The SMILES string of the molecule is CC1=CCC(C[C+]=O)C1(C)C. The largest absolute Gasteiger partial charge is 0.506 e. The molecule has 0 saturated heterocycles. The zero-order valence-corrected chi connectivity index (χ0v) is 7.48. The highest BCUT2D eigenvalue weighted by Gasteiger charge is 2.37. The van der Waals surface area contributed by atoms with Crippen molar-refractivity contribution in [2.24, 2.45) is 11.3 Å². The van der Waals surface area contributed by atoms with Crippen molar-refractivity contribution < 1.29 is 4.79 Å². The first-order chi connectivity index (χ1) is 5.09.